The third-order valence-corrected chi connectivity index (χ3v) is 7.21. The van der Waals surface area contributed by atoms with Crippen molar-refractivity contribution >= 4 is 33.6 Å². The number of piperazine rings is 1. The zero-order valence-corrected chi connectivity index (χ0v) is 18.3. The molecule has 1 fully saturated rings. The van der Waals surface area contributed by atoms with Gasteiger partial charge in [0.15, 0.2) is 0 Å². The van der Waals surface area contributed by atoms with E-state index >= 15 is 0 Å². The standard InChI is InChI=1S/C22H25N5O3S/c1-15-2-7-18-19(13-23)22(31-20(18)12-15)24-21(28)14-25-8-10-26(11-9-25)16-3-5-17(6-4-16)27(29)30/h3-6,15H,2,7-12,14H2,1H3,(H,24,28). The average molecular weight is 440 g/mol. The maximum absolute atomic E-state index is 12.6. The first-order valence-electron chi connectivity index (χ1n) is 10.5. The number of nitro benzene ring substituents is 1. The van der Waals surface area contributed by atoms with Crippen LogP contribution in [0.1, 0.15) is 29.3 Å². The molecule has 0 spiro atoms. The molecule has 2 aromatic rings. The van der Waals surface area contributed by atoms with Gasteiger partial charge in [-0.15, -0.1) is 11.3 Å². The second-order valence-electron chi connectivity index (χ2n) is 8.25. The largest absolute Gasteiger partial charge is 0.369 e. The second-order valence-corrected chi connectivity index (χ2v) is 9.36. The minimum Gasteiger partial charge on any atom is -0.369 e. The van der Waals surface area contributed by atoms with E-state index < -0.39 is 4.92 Å². The molecular weight excluding hydrogens is 414 g/mol. The Balaban J connectivity index is 1.32. The van der Waals surface area contributed by atoms with Crippen LogP contribution in [0.4, 0.5) is 16.4 Å². The first-order valence-corrected chi connectivity index (χ1v) is 11.3. The molecule has 2 aliphatic rings. The number of hydrogen-bond acceptors (Lipinski definition) is 7. The van der Waals surface area contributed by atoms with Crippen molar-refractivity contribution in [2.75, 3.05) is 42.9 Å². The number of fused-ring (bicyclic) bond motifs is 1. The fraction of sp³-hybridized carbons (Fsp3) is 0.455. The van der Waals surface area contributed by atoms with Gasteiger partial charge in [-0.1, -0.05) is 6.92 Å². The molecule has 0 saturated carbocycles. The number of hydrogen-bond donors (Lipinski definition) is 1. The number of carbonyl (C=O) groups is 1. The fourth-order valence-corrected chi connectivity index (χ4v) is 5.65. The van der Waals surface area contributed by atoms with Crippen molar-refractivity contribution in [3.8, 4) is 6.07 Å². The van der Waals surface area contributed by atoms with E-state index in [0.717, 1.165) is 56.7 Å². The van der Waals surface area contributed by atoms with Gasteiger partial charge in [-0.3, -0.25) is 19.8 Å². The summed E-state index contributed by atoms with van der Waals surface area (Å²) in [7, 11) is 0. The first-order chi connectivity index (χ1) is 14.9. The topological polar surface area (TPSA) is 103 Å². The van der Waals surface area contributed by atoms with E-state index in [-0.39, 0.29) is 18.1 Å². The van der Waals surface area contributed by atoms with E-state index in [2.05, 4.69) is 28.1 Å². The van der Waals surface area contributed by atoms with E-state index in [1.54, 1.807) is 23.5 Å². The van der Waals surface area contributed by atoms with Crippen LogP contribution in [0, 0.1) is 27.4 Å². The predicted octanol–water partition coefficient (Wildman–Crippen LogP) is 3.41. The van der Waals surface area contributed by atoms with Gasteiger partial charge in [0.25, 0.3) is 5.69 Å². The molecule has 8 nitrogen and oxygen atoms in total. The van der Waals surface area contributed by atoms with Crippen molar-refractivity contribution < 1.29 is 9.72 Å². The van der Waals surface area contributed by atoms with Crippen molar-refractivity contribution in [2.45, 2.75) is 26.2 Å². The van der Waals surface area contributed by atoms with Crippen molar-refractivity contribution in [3.05, 3.63) is 50.4 Å². The molecule has 1 atom stereocenters. The lowest BCUT2D eigenvalue weighted by molar-refractivity contribution is -0.384. The van der Waals surface area contributed by atoms with Crippen molar-refractivity contribution in [1.29, 1.82) is 5.26 Å². The molecule has 1 unspecified atom stereocenters. The Morgan fingerprint density at radius 1 is 1.29 bits per heavy atom. The minimum absolute atomic E-state index is 0.0838. The van der Waals surface area contributed by atoms with Crippen LogP contribution in [0.5, 0.6) is 0 Å². The molecule has 9 heteroatoms. The maximum atomic E-state index is 12.6. The maximum Gasteiger partial charge on any atom is 0.269 e. The number of non-ortho nitro benzene ring substituents is 1. The number of anilines is 2. The highest BCUT2D eigenvalue weighted by molar-refractivity contribution is 7.16. The van der Waals surface area contributed by atoms with Crippen LogP contribution >= 0.6 is 11.3 Å². The summed E-state index contributed by atoms with van der Waals surface area (Å²) in [5.74, 6) is 0.528. The highest BCUT2D eigenvalue weighted by Gasteiger charge is 2.25. The third-order valence-electron chi connectivity index (χ3n) is 6.04. The monoisotopic (exact) mass is 439 g/mol. The van der Waals surface area contributed by atoms with Crippen LogP contribution in [0.15, 0.2) is 24.3 Å². The molecule has 1 amide bonds. The van der Waals surface area contributed by atoms with Crippen LogP contribution < -0.4 is 10.2 Å². The molecule has 1 aliphatic carbocycles. The number of nitrogens with one attached hydrogen (secondary N) is 1. The van der Waals surface area contributed by atoms with Gasteiger partial charge < -0.3 is 10.2 Å². The molecule has 1 saturated heterocycles. The average Bonchev–Trinajstić information content (AvgIpc) is 3.10. The van der Waals surface area contributed by atoms with Gasteiger partial charge in [-0.25, -0.2) is 0 Å². The molecule has 0 radical (unpaired) electrons. The molecule has 1 aliphatic heterocycles. The van der Waals surface area contributed by atoms with Gasteiger partial charge in [0.1, 0.15) is 11.1 Å². The van der Waals surface area contributed by atoms with E-state index in [1.165, 1.54) is 17.0 Å². The van der Waals surface area contributed by atoms with Gasteiger partial charge in [0, 0.05) is 48.9 Å². The Hall–Kier alpha value is -2.96. The number of nitro groups is 1. The lowest BCUT2D eigenvalue weighted by atomic mass is 9.89. The number of benzene rings is 1. The van der Waals surface area contributed by atoms with Crippen molar-refractivity contribution in [3.63, 3.8) is 0 Å². The van der Waals surface area contributed by atoms with Crippen LogP contribution in [0.25, 0.3) is 0 Å². The number of amides is 1. The zero-order chi connectivity index (χ0) is 22.0. The third kappa shape index (κ3) is 4.70. The van der Waals surface area contributed by atoms with Crippen LogP contribution in [-0.2, 0) is 17.6 Å². The van der Waals surface area contributed by atoms with Gasteiger partial charge in [-0.05, 0) is 42.9 Å². The van der Waals surface area contributed by atoms with E-state index in [9.17, 15) is 20.2 Å². The highest BCUT2D eigenvalue weighted by Crippen LogP contribution is 2.39. The Labute approximate surface area is 185 Å². The Bertz CT molecular complexity index is 1020. The summed E-state index contributed by atoms with van der Waals surface area (Å²) >= 11 is 1.55. The summed E-state index contributed by atoms with van der Waals surface area (Å²) in [6.07, 6.45) is 2.98. The summed E-state index contributed by atoms with van der Waals surface area (Å²) in [5, 5.41) is 24.1. The number of nitrogens with zero attached hydrogens (tertiary/aromatic N) is 4. The number of nitriles is 1. The van der Waals surface area contributed by atoms with Gasteiger partial charge in [-0.2, -0.15) is 5.26 Å². The normalized spacial score (nSPS) is 18.8. The zero-order valence-electron chi connectivity index (χ0n) is 17.5. The number of rotatable bonds is 5. The summed E-state index contributed by atoms with van der Waals surface area (Å²) < 4.78 is 0. The Kier molecular flexibility index (Phi) is 6.20. The van der Waals surface area contributed by atoms with Crippen molar-refractivity contribution in [1.82, 2.24) is 4.90 Å². The van der Waals surface area contributed by atoms with Crippen LogP contribution in [-0.4, -0.2) is 48.5 Å². The highest BCUT2D eigenvalue weighted by atomic mass is 32.1. The molecule has 0 bridgehead atoms. The SMILES string of the molecule is CC1CCc2c(sc(NC(=O)CN3CCN(c4ccc([N+](=O)[O-])cc4)CC3)c2C#N)C1. The van der Waals surface area contributed by atoms with Gasteiger partial charge in [0.2, 0.25) is 5.91 Å². The smallest absolute Gasteiger partial charge is 0.269 e. The summed E-state index contributed by atoms with van der Waals surface area (Å²) in [5.41, 5.74) is 2.80. The van der Waals surface area contributed by atoms with Gasteiger partial charge >= 0.3 is 0 Å². The van der Waals surface area contributed by atoms with Crippen LogP contribution in [0.3, 0.4) is 0 Å². The lowest BCUT2D eigenvalue weighted by Crippen LogP contribution is -2.48. The summed E-state index contributed by atoms with van der Waals surface area (Å²) in [6.45, 7) is 5.47. The summed E-state index contributed by atoms with van der Waals surface area (Å²) in [4.78, 5) is 28.6. The fourth-order valence-electron chi connectivity index (χ4n) is 4.28. The lowest BCUT2D eigenvalue weighted by Gasteiger charge is -2.35. The molecule has 1 aromatic heterocycles. The van der Waals surface area contributed by atoms with E-state index in [0.29, 0.717) is 16.5 Å². The molecule has 162 valence electrons. The Morgan fingerprint density at radius 2 is 2.00 bits per heavy atom. The number of thiophene rings is 1. The molecular formula is C22H25N5O3S. The predicted molar refractivity (Wildman–Crippen MR) is 121 cm³/mol. The van der Waals surface area contributed by atoms with E-state index in [1.807, 2.05) is 0 Å². The molecule has 1 N–H and O–H groups in total. The van der Waals surface area contributed by atoms with Crippen LogP contribution in [0.2, 0.25) is 0 Å². The van der Waals surface area contributed by atoms with Crippen molar-refractivity contribution in [2.24, 2.45) is 5.92 Å². The minimum atomic E-state index is -0.400. The van der Waals surface area contributed by atoms with Gasteiger partial charge in [0.05, 0.1) is 17.0 Å². The second kappa shape index (κ2) is 9.04. The molecule has 1 aromatic carbocycles. The Morgan fingerprint density at radius 3 is 2.65 bits per heavy atom. The first kappa shape index (κ1) is 21.3. The summed E-state index contributed by atoms with van der Waals surface area (Å²) in [6, 6.07) is 8.86. The molecule has 31 heavy (non-hydrogen) atoms. The molecule has 2 heterocycles. The number of carbonyl (C=O) groups excluding carboxylic acids is 1. The quantitative estimate of drug-likeness (QED) is 0.566. The molecule has 4 rings (SSSR count). The van der Waals surface area contributed by atoms with E-state index in [4.69, 9.17) is 0 Å².